The number of para-hydroxylation sites is 2. The summed E-state index contributed by atoms with van der Waals surface area (Å²) in [7, 11) is -2.01. The van der Waals surface area contributed by atoms with Crippen LogP contribution in [0.2, 0.25) is 0 Å². The molecule has 7 nitrogen and oxygen atoms in total. The maximum atomic E-state index is 12.9. The molecule has 1 heterocycles. The SMILES string of the molecule is COc1ccccc1NC(=O)N1CCC(CNS(=O)(=O)c2c(C)cc(C)cc2C)CC1. The number of anilines is 1. The second kappa shape index (κ2) is 9.70. The number of ether oxygens (including phenoxy) is 1. The topological polar surface area (TPSA) is 87.7 Å². The largest absolute Gasteiger partial charge is 0.495 e. The van der Waals surface area contributed by atoms with Crippen molar-refractivity contribution in [2.75, 3.05) is 32.1 Å². The minimum atomic E-state index is -3.57. The summed E-state index contributed by atoms with van der Waals surface area (Å²) < 4.78 is 33.8. The quantitative estimate of drug-likeness (QED) is 0.707. The minimum absolute atomic E-state index is 0.172. The third-order valence-electron chi connectivity index (χ3n) is 5.69. The number of sulfonamides is 1. The molecule has 0 bridgehead atoms. The molecule has 3 rings (SSSR count). The molecule has 2 N–H and O–H groups in total. The Morgan fingerprint density at radius 2 is 1.71 bits per heavy atom. The Bertz CT molecular complexity index is 1020. The highest BCUT2D eigenvalue weighted by molar-refractivity contribution is 7.89. The molecule has 1 aliphatic rings. The van der Waals surface area contributed by atoms with Gasteiger partial charge in [-0.25, -0.2) is 17.9 Å². The lowest BCUT2D eigenvalue weighted by molar-refractivity contribution is 0.183. The number of rotatable bonds is 6. The number of urea groups is 1. The van der Waals surface area contributed by atoms with Gasteiger partial charge >= 0.3 is 6.03 Å². The van der Waals surface area contributed by atoms with Gasteiger partial charge in [0.15, 0.2) is 0 Å². The van der Waals surface area contributed by atoms with E-state index in [0.717, 1.165) is 29.5 Å². The van der Waals surface area contributed by atoms with Crippen LogP contribution in [0.15, 0.2) is 41.3 Å². The summed E-state index contributed by atoms with van der Waals surface area (Å²) >= 11 is 0. The summed E-state index contributed by atoms with van der Waals surface area (Å²) in [5, 5.41) is 2.89. The average molecular weight is 446 g/mol. The molecule has 1 aliphatic heterocycles. The number of carbonyl (C=O) groups excluding carboxylic acids is 1. The molecule has 2 aromatic carbocycles. The first-order valence-corrected chi connectivity index (χ1v) is 12.0. The van der Waals surface area contributed by atoms with Crippen molar-refractivity contribution in [3.05, 3.63) is 53.1 Å². The van der Waals surface area contributed by atoms with Gasteiger partial charge in [0.2, 0.25) is 10.0 Å². The minimum Gasteiger partial charge on any atom is -0.495 e. The van der Waals surface area contributed by atoms with E-state index in [4.69, 9.17) is 4.74 Å². The molecule has 0 aliphatic carbocycles. The highest BCUT2D eigenvalue weighted by atomic mass is 32.2. The molecule has 0 saturated carbocycles. The van der Waals surface area contributed by atoms with E-state index < -0.39 is 10.0 Å². The van der Waals surface area contributed by atoms with E-state index >= 15 is 0 Å². The number of carbonyl (C=O) groups is 1. The first kappa shape index (κ1) is 23.1. The standard InChI is InChI=1S/C23H31N3O4S/c1-16-13-17(2)22(18(3)14-16)31(28,29)24-15-19-9-11-26(12-10-19)23(27)25-20-7-5-6-8-21(20)30-4/h5-8,13-14,19,24H,9-12,15H2,1-4H3,(H,25,27). The molecule has 0 spiro atoms. The van der Waals surface area contributed by atoms with E-state index in [-0.39, 0.29) is 11.9 Å². The fraction of sp³-hybridized carbons (Fsp3) is 0.435. The highest BCUT2D eigenvalue weighted by Crippen LogP contribution is 2.25. The maximum Gasteiger partial charge on any atom is 0.321 e. The Hall–Kier alpha value is -2.58. The Balaban J connectivity index is 1.54. The van der Waals surface area contributed by atoms with E-state index in [9.17, 15) is 13.2 Å². The zero-order chi connectivity index (χ0) is 22.6. The number of piperidine rings is 1. The molecule has 0 atom stereocenters. The van der Waals surface area contributed by atoms with E-state index in [1.54, 1.807) is 24.1 Å². The molecule has 1 fully saturated rings. The van der Waals surface area contributed by atoms with Crippen molar-refractivity contribution in [3.8, 4) is 5.75 Å². The van der Waals surface area contributed by atoms with E-state index in [1.165, 1.54) is 0 Å². The summed E-state index contributed by atoms with van der Waals surface area (Å²) in [4.78, 5) is 14.7. The van der Waals surface area contributed by atoms with Crippen molar-refractivity contribution in [2.24, 2.45) is 5.92 Å². The van der Waals surface area contributed by atoms with Crippen LogP contribution in [0.5, 0.6) is 5.75 Å². The van der Waals surface area contributed by atoms with Gasteiger partial charge in [-0.15, -0.1) is 0 Å². The van der Waals surface area contributed by atoms with Crippen LogP contribution in [0.4, 0.5) is 10.5 Å². The van der Waals surface area contributed by atoms with Crippen LogP contribution in [-0.4, -0.2) is 46.1 Å². The van der Waals surface area contributed by atoms with Crippen LogP contribution in [0.25, 0.3) is 0 Å². The zero-order valence-corrected chi connectivity index (χ0v) is 19.4. The van der Waals surface area contributed by atoms with Gasteiger partial charge in [0, 0.05) is 19.6 Å². The Kier molecular flexibility index (Phi) is 7.23. The third kappa shape index (κ3) is 5.57. The number of benzene rings is 2. The number of methoxy groups -OCH3 is 1. The van der Waals surface area contributed by atoms with Crippen LogP contribution in [0.3, 0.4) is 0 Å². The lowest BCUT2D eigenvalue weighted by atomic mass is 9.97. The summed E-state index contributed by atoms with van der Waals surface area (Å²) in [6.45, 7) is 7.14. The summed E-state index contributed by atoms with van der Waals surface area (Å²) in [6, 6.07) is 10.9. The Morgan fingerprint density at radius 3 is 2.32 bits per heavy atom. The third-order valence-corrected chi connectivity index (χ3v) is 7.41. The lowest BCUT2D eigenvalue weighted by Crippen LogP contribution is -2.43. The second-order valence-electron chi connectivity index (χ2n) is 8.14. The zero-order valence-electron chi connectivity index (χ0n) is 18.6. The molecule has 1 saturated heterocycles. The fourth-order valence-corrected chi connectivity index (χ4v) is 5.74. The molecule has 8 heteroatoms. The van der Waals surface area contributed by atoms with Crippen molar-refractivity contribution in [2.45, 2.75) is 38.5 Å². The number of nitrogens with zero attached hydrogens (tertiary/aromatic N) is 1. The molecule has 0 unspecified atom stereocenters. The predicted molar refractivity (Wildman–Crippen MR) is 122 cm³/mol. The molecule has 31 heavy (non-hydrogen) atoms. The molecule has 2 aromatic rings. The van der Waals surface area contributed by atoms with Crippen molar-refractivity contribution < 1.29 is 17.9 Å². The van der Waals surface area contributed by atoms with Gasteiger partial charge in [0.25, 0.3) is 0 Å². The van der Waals surface area contributed by atoms with Gasteiger partial charge in [0.05, 0.1) is 17.7 Å². The normalized spacial score (nSPS) is 15.0. The molecule has 168 valence electrons. The monoisotopic (exact) mass is 445 g/mol. The van der Waals surface area contributed by atoms with Crippen LogP contribution in [0.1, 0.15) is 29.5 Å². The van der Waals surface area contributed by atoms with Gasteiger partial charge in [-0.3, -0.25) is 0 Å². The number of amides is 2. The smallest absolute Gasteiger partial charge is 0.321 e. The van der Waals surface area contributed by atoms with Crippen molar-refractivity contribution in [3.63, 3.8) is 0 Å². The fourth-order valence-electron chi connectivity index (χ4n) is 4.17. The summed E-state index contributed by atoms with van der Waals surface area (Å²) in [5.41, 5.74) is 3.20. The van der Waals surface area contributed by atoms with Crippen LogP contribution in [0, 0.1) is 26.7 Å². The van der Waals surface area contributed by atoms with Crippen LogP contribution in [-0.2, 0) is 10.0 Å². The molecular formula is C23H31N3O4S. The van der Waals surface area contributed by atoms with Gasteiger partial charge < -0.3 is 15.0 Å². The van der Waals surface area contributed by atoms with Crippen molar-refractivity contribution >= 4 is 21.7 Å². The summed E-state index contributed by atoms with van der Waals surface area (Å²) in [5.74, 6) is 0.804. The highest BCUT2D eigenvalue weighted by Gasteiger charge is 2.26. The Labute approximate surface area is 184 Å². The lowest BCUT2D eigenvalue weighted by Gasteiger charge is -2.32. The first-order chi connectivity index (χ1) is 14.7. The average Bonchev–Trinajstić information content (AvgIpc) is 2.72. The number of hydrogen-bond acceptors (Lipinski definition) is 4. The second-order valence-corrected chi connectivity index (χ2v) is 9.84. The van der Waals surface area contributed by atoms with Gasteiger partial charge in [-0.05, 0) is 62.8 Å². The van der Waals surface area contributed by atoms with E-state index in [0.29, 0.717) is 36.0 Å². The Morgan fingerprint density at radius 1 is 1.10 bits per heavy atom. The first-order valence-electron chi connectivity index (χ1n) is 10.5. The number of hydrogen-bond donors (Lipinski definition) is 2. The predicted octanol–water partition coefficient (Wildman–Crippen LogP) is 3.84. The van der Waals surface area contributed by atoms with Gasteiger partial charge in [-0.2, -0.15) is 0 Å². The molecule has 0 radical (unpaired) electrons. The van der Waals surface area contributed by atoms with Crippen LogP contribution < -0.4 is 14.8 Å². The van der Waals surface area contributed by atoms with E-state index in [1.807, 2.05) is 45.0 Å². The number of nitrogens with one attached hydrogen (secondary N) is 2. The number of aryl methyl sites for hydroxylation is 3. The molecule has 2 amide bonds. The van der Waals surface area contributed by atoms with Gasteiger partial charge in [-0.1, -0.05) is 29.8 Å². The summed E-state index contributed by atoms with van der Waals surface area (Å²) in [6.07, 6.45) is 1.49. The van der Waals surface area contributed by atoms with E-state index in [2.05, 4.69) is 10.0 Å². The van der Waals surface area contributed by atoms with Crippen molar-refractivity contribution in [1.29, 1.82) is 0 Å². The van der Waals surface area contributed by atoms with Crippen molar-refractivity contribution in [1.82, 2.24) is 9.62 Å². The number of likely N-dealkylation sites (tertiary alicyclic amines) is 1. The molecule has 0 aromatic heterocycles. The maximum absolute atomic E-state index is 12.9. The van der Waals surface area contributed by atoms with Crippen LogP contribution >= 0.6 is 0 Å². The van der Waals surface area contributed by atoms with Gasteiger partial charge in [0.1, 0.15) is 5.75 Å². The molecular weight excluding hydrogens is 414 g/mol.